The maximum absolute atomic E-state index is 12.4. The molecule has 1 heterocycles. The van der Waals surface area contributed by atoms with Crippen molar-refractivity contribution in [3.63, 3.8) is 0 Å². The summed E-state index contributed by atoms with van der Waals surface area (Å²) in [6.07, 6.45) is 0.840. The SMILES string of the molecule is CC(C)CCC(=O)N1CCN(C(=O)[C@@H](C)NC(=O)OC(C)(C)C)CC1. The number of ether oxygens (including phenoxy) is 1. The molecule has 1 saturated heterocycles. The van der Waals surface area contributed by atoms with E-state index in [1.165, 1.54) is 0 Å². The van der Waals surface area contributed by atoms with Crippen molar-refractivity contribution in [1.29, 1.82) is 0 Å². The van der Waals surface area contributed by atoms with Crippen LogP contribution in [0.2, 0.25) is 0 Å². The monoisotopic (exact) mass is 355 g/mol. The first-order valence-corrected chi connectivity index (χ1v) is 9.05. The Labute approximate surface area is 151 Å². The van der Waals surface area contributed by atoms with Gasteiger partial charge < -0.3 is 19.9 Å². The highest BCUT2D eigenvalue weighted by atomic mass is 16.6. The molecule has 7 nitrogen and oxygen atoms in total. The summed E-state index contributed by atoms with van der Waals surface area (Å²) in [6.45, 7) is 13.2. The van der Waals surface area contributed by atoms with Crippen LogP contribution in [0.3, 0.4) is 0 Å². The smallest absolute Gasteiger partial charge is 0.408 e. The molecule has 0 aliphatic carbocycles. The van der Waals surface area contributed by atoms with Gasteiger partial charge in [0.05, 0.1) is 0 Å². The summed E-state index contributed by atoms with van der Waals surface area (Å²) in [5.74, 6) is 0.507. The molecule has 25 heavy (non-hydrogen) atoms. The van der Waals surface area contributed by atoms with Crippen molar-refractivity contribution in [2.45, 2.75) is 66.0 Å². The number of piperazine rings is 1. The molecular formula is C18H33N3O4. The number of nitrogens with zero attached hydrogens (tertiary/aromatic N) is 2. The molecule has 144 valence electrons. The maximum atomic E-state index is 12.4. The second-order valence-corrected chi connectivity index (χ2v) is 8.01. The van der Waals surface area contributed by atoms with Crippen molar-refractivity contribution >= 4 is 17.9 Å². The molecule has 1 fully saturated rings. The number of nitrogens with one attached hydrogen (secondary N) is 1. The van der Waals surface area contributed by atoms with Crippen molar-refractivity contribution in [3.8, 4) is 0 Å². The Morgan fingerprint density at radius 1 is 1.00 bits per heavy atom. The fourth-order valence-corrected chi connectivity index (χ4v) is 2.57. The minimum absolute atomic E-state index is 0.153. The molecule has 0 radical (unpaired) electrons. The van der Waals surface area contributed by atoms with E-state index in [1.807, 2.05) is 4.90 Å². The van der Waals surface area contributed by atoms with E-state index in [1.54, 1.807) is 32.6 Å². The van der Waals surface area contributed by atoms with Crippen LogP contribution in [0.1, 0.15) is 54.4 Å². The van der Waals surface area contributed by atoms with Gasteiger partial charge in [0.1, 0.15) is 11.6 Å². The lowest BCUT2D eigenvalue weighted by atomic mass is 10.1. The summed E-state index contributed by atoms with van der Waals surface area (Å²) in [5, 5.41) is 2.57. The molecule has 0 unspecified atom stereocenters. The van der Waals surface area contributed by atoms with Crippen LogP contribution in [0, 0.1) is 5.92 Å². The average molecular weight is 355 g/mol. The predicted octanol–water partition coefficient (Wildman–Crippen LogP) is 2.01. The average Bonchev–Trinajstić information content (AvgIpc) is 2.50. The lowest BCUT2D eigenvalue weighted by molar-refractivity contribution is -0.140. The third kappa shape index (κ3) is 7.75. The topological polar surface area (TPSA) is 79.0 Å². The molecule has 1 rings (SSSR count). The normalized spacial score (nSPS) is 16.6. The highest BCUT2D eigenvalue weighted by Gasteiger charge is 2.28. The number of hydrogen-bond acceptors (Lipinski definition) is 4. The molecular weight excluding hydrogens is 322 g/mol. The van der Waals surface area contributed by atoms with Crippen LogP contribution in [0.5, 0.6) is 0 Å². The third-order valence-electron chi connectivity index (χ3n) is 3.98. The quantitative estimate of drug-likeness (QED) is 0.818. The zero-order valence-electron chi connectivity index (χ0n) is 16.4. The van der Waals surface area contributed by atoms with E-state index in [2.05, 4.69) is 19.2 Å². The van der Waals surface area contributed by atoms with E-state index in [-0.39, 0.29) is 11.8 Å². The second kappa shape index (κ2) is 9.06. The minimum atomic E-state index is -0.655. The lowest BCUT2D eigenvalue weighted by Crippen LogP contribution is -2.55. The van der Waals surface area contributed by atoms with E-state index < -0.39 is 17.7 Å². The van der Waals surface area contributed by atoms with Crippen molar-refractivity contribution in [3.05, 3.63) is 0 Å². The molecule has 0 spiro atoms. The van der Waals surface area contributed by atoms with Crippen LogP contribution in [0.25, 0.3) is 0 Å². The van der Waals surface area contributed by atoms with Gasteiger partial charge >= 0.3 is 6.09 Å². The van der Waals surface area contributed by atoms with Gasteiger partial charge in [0.2, 0.25) is 11.8 Å². The first kappa shape index (κ1) is 21.3. The number of rotatable bonds is 5. The second-order valence-electron chi connectivity index (χ2n) is 8.01. The summed E-state index contributed by atoms with van der Waals surface area (Å²) in [7, 11) is 0. The van der Waals surface area contributed by atoms with Gasteiger partial charge in [-0.3, -0.25) is 9.59 Å². The number of amides is 3. The fourth-order valence-electron chi connectivity index (χ4n) is 2.57. The van der Waals surface area contributed by atoms with Gasteiger partial charge in [-0.2, -0.15) is 0 Å². The molecule has 0 aromatic carbocycles. The first-order valence-electron chi connectivity index (χ1n) is 9.05. The molecule has 1 atom stereocenters. The Hall–Kier alpha value is -1.79. The van der Waals surface area contributed by atoms with Crippen LogP contribution >= 0.6 is 0 Å². The molecule has 0 bridgehead atoms. The van der Waals surface area contributed by atoms with Crippen molar-refractivity contribution < 1.29 is 19.1 Å². The Kier molecular flexibility index (Phi) is 7.70. The third-order valence-corrected chi connectivity index (χ3v) is 3.98. The van der Waals surface area contributed by atoms with E-state index in [0.717, 1.165) is 6.42 Å². The van der Waals surface area contributed by atoms with Gasteiger partial charge in [-0.15, -0.1) is 0 Å². The molecule has 1 N–H and O–H groups in total. The first-order chi connectivity index (χ1) is 11.5. The molecule has 0 aromatic heterocycles. The van der Waals surface area contributed by atoms with Crippen LogP contribution in [0.4, 0.5) is 4.79 Å². The molecule has 0 aromatic rings. The highest BCUT2D eigenvalue weighted by molar-refractivity contribution is 5.85. The number of hydrogen-bond donors (Lipinski definition) is 1. The Morgan fingerprint density at radius 2 is 1.52 bits per heavy atom. The summed E-state index contributed by atoms with van der Waals surface area (Å²) >= 11 is 0. The van der Waals surface area contributed by atoms with E-state index >= 15 is 0 Å². The van der Waals surface area contributed by atoms with Gasteiger partial charge in [-0.25, -0.2) is 4.79 Å². The fraction of sp³-hybridized carbons (Fsp3) is 0.833. The van der Waals surface area contributed by atoms with Crippen molar-refractivity contribution in [2.24, 2.45) is 5.92 Å². The summed E-state index contributed by atoms with van der Waals surface area (Å²) in [6, 6.07) is -0.655. The predicted molar refractivity (Wildman–Crippen MR) is 96.1 cm³/mol. The van der Waals surface area contributed by atoms with Crippen LogP contribution in [0.15, 0.2) is 0 Å². The Balaban J connectivity index is 2.41. The van der Waals surface area contributed by atoms with Gasteiger partial charge in [0.25, 0.3) is 0 Å². The van der Waals surface area contributed by atoms with Crippen LogP contribution < -0.4 is 5.32 Å². The molecule has 0 saturated carbocycles. The van der Waals surface area contributed by atoms with Gasteiger partial charge in [-0.05, 0) is 40.0 Å². The van der Waals surface area contributed by atoms with Crippen molar-refractivity contribution in [1.82, 2.24) is 15.1 Å². The van der Waals surface area contributed by atoms with E-state index in [4.69, 9.17) is 4.74 Å². The summed E-state index contributed by atoms with van der Waals surface area (Å²) in [4.78, 5) is 39.9. The van der Waals surface area contributed by atoms with Gasteiger partial charge in [0.15, 0.2) is 0 Å². The number of alkyl carbamates (subject to hydrolysis) is 1. The van der Waals surface area contributed by atoms with Crippen LogP contribution in [-0.4, -0.2) is 65.5 Å². The van der Waals surface area contributed by atoms with Gasteiger partial charge in [0, 0.05) is 32.6 Å². The summed E-state index contributed by atoms with van der Waals surface area (Å²) in [5.41, 5.74) is -0.602. The molecule has 1 aliphatic heterocycles. The van der Waals surface area contributed by atoms with E-state index in [9.17, 15) is 14.4 Å². The largest absolute Gasteiger partial charge is 0.444 e. The number of carbonyl (C=O) groups is 3. The molecule has 1 aliphatic rings. The Bertz CT molecular complexity index is 477. The lowest BCUT2D eigenvalue weighted by Gasteiger charge is -2.36. The zero-order valence-corrected chi connectivity index (χ0v) is 16.4. The number of carbonyl (C=O) groups excluding carboxylic acids is 3. The van der Waals surface area contributed by atoms with Crippen molar-refractivity contribution in [2.75, 3.05) is 26.2 Å². The highest BCUT2D eigenvalue weighted by Crippen LogP contribution is 2.11. The van der Waals surface area contributed by atoms with E-state index in [0.29, 0.717) is 38.5 Å². The maximum Gasteiger partial charge on any atom is 0.408 e. The zero-order chi connectivity index (χ0) is 19.2. The standard InChI is InChI=1S/C18H33N3O4/c1-13(2)7-8-15(22)20-9-11-21(12-10-20)16(23)14(3)19-17(24)25-18(4,5)6/h13-14H,7-12H2,1-6H3,(H,19,24)/t14-/m1/s1. The van der Waals surface area contributed by atoms with Gasteiger partial charge in [-0.1, -0.05) is 13.8 Å². The molecule has 7 heteroatoms. The molecule has 3 amide bonds. The minimum Gasteiger partial charge on any atom is -0.444 e. The van der Waals surface area contributed by atoms with Crippen LogP contribution in [-0.2, 0) is 14.3 Å². The Morgan fingerprint density at radius 3 is 2.00 bits per heavy atom. The summed E-state index contributed by atoms with van der Waals surface area (Å²) < 4.78 is 5.17.